The lowest BCUT2D eigenvalue weighted by atomic mass is 10.0. The summed E-state index contributed by atoms with van der Waals surface area (Å²) < 4.78 is 0. The number of carbonyl (C=O) groups excluding carboxylic acids is 1. The zero-order chi connectivity index (χ0) is 13.9. The molecule has 0 aromatic heterocycles. The lowest BCUT2D eigenvalue weighted by Gasteiger charge is -2.23. The molecule has 0 unspecified atom stereocenters. The molecule has 108 valence electrons. The molecule has 0 aliphatic carbocycles. The Labute approximate surface area is 130 Å². The second-order valence-electron chi connectivity index (χ2n) is 4.71. The number of likely N-dealkylation sites (N-methyl/N-ethyl adjacent to an activating group) is 1. The van der Waals surface area contributed by atoms with Gasteiger partial charge in [-0.15, -0.1) is 12.4 Å². The molecule has 1 atom stereocenters. The molecule has 0 radical (unpaired) electrons. The molecule has 0 aliphatic heterocycles. The molecule has 0 heterocycles. The number of hydrogen-bond donors (Lipinski definition) is 1. The van der Waals surface area contributed by atoms with E-state index in [1.54, 1.807) is 24.1 Å². The normalized spacial score (nSPS) is 11.9. The highest BCUT2D eigenvalue weighted by Gasteiger charge is 2.21. The molecular weight excluding hydrogens is 307 g/mol. The maximum Gasteiger partial charge on any atom is 0.239 e. The molecule has 0 aliphatic rings. The van der Waals surface area contributed by atoms with Crippen LogP contribution in [-0.4, -0.2) is 23.9 Å². The van der Waals surface area contributed by atoms with Crippen molar-refractivity contribution in [2.24, 2.45) is 11.7 Å². The van der Waals surface area contributed by atoms with Crippen LogP contribution in [0.15, 0.2) is 18.2 Å². The molecule has 3 nitrogen and oxygen atoms in total. The summed E-state index contributed by atoms with van der Waals surface area (Å²) in [5.41, 5.74) is 6.76. The van der Waals surface area contributed by atoms with E-state index < -0.39 is 6.04 Å². The zero-order valence-corrected chi connectivity index (χ0v) is 13.5. The van der Waals surface area contributed by atoms with Crippen molar-refractivity contribution in [1.82, 2.24) is 4.90 Å². The van der Waals surface area contributed by atoms with E-state index in [1.165, 1.54) is 0 Å². The highest BCUT2D eigenvalue weighted by Crippen LogP contribution is 2.23. The van der Waals surface area contributed by atoms with Crippen molar-refractivity contribution >= 4 is 41.5 Å². The quantitative estimate of drug-likeness (QED) is 0.922. The third-order valence-electron chi connectivity index (χ3n) is 2.78. The van der Waals surface area contributed by atoms with Crippen molar-refractivity contribution in [3.63, 3.8) is 0 Å². The molecule has 0 bridgehead atoms. The summed E-state index contributed by atoms with van der Waals surface area (Å²) in [7, 11) is 1.73. The van der Waals surface area contributed by atoms with Gasteiger partial charge in [-0.25, -0.2) is 0 Å². The first-order valence-corrected chi connectivity index (χ1v) is 6.53. The SMILES string of the molecule is CC(C)[C@@H](N)C(=O)N(C)Cc1ccc(Cl)c(Cl)c1.Cl. The maximum atomic E-state index is 12.0. The summed E-state index contributed by atoms with van der Waals surface area (Å²) in [6.07, 6.45) is 0. The summed E-state index contributed by atoms with van der Waals surface area (Å²) >= 11 is 11.8. The molecule has 1 amide bonds. The second kappa shape index (κ2) is 7.95. The fourth-order valence-corrected chi connectivity index (χ4v) is 1.85. The van der Waals surface area contributed by atoms with Crippen molar-refractivity contribution in [2.75, 3.05) is 7.05 Å². The van der Waals surface area contributed by atoms with Crippen LogP contribution in [0.1, 0.15) is 19.4 Å². The fourth-order valence-electron chi connectivity index (χ4n) is 1.53. The minimum atomic E-state index is -0.474. The van der Waals surface area contributed by atoms with E-state index in [0.717, 1.165) is 5.56 Å². The predicted molar refractivity (Wildman–Crippen MR) is 83.0 cm³/mol. The summed E-state index contributed by atoms with van der Waals surface area (Å²) in [6.45, 7) is 4.32. The van der Waals surface area contributed by atoms with Crippen LogP contribution >= 0.6 is 35.6 Å². The van der Waals surface area contributed by atoms with Gasteiger partial charge in [-0.3, -0.25) is 4.79 Å². The summed E-state index contributed by atoms with van der Waals surface area (Å²) in [5, 5.41) is 0.997. The molecule has 0 saturated carbocycles. The molecule has 2 N–H and O–H groups in total. The number of halogens is 3. The van der Waals surface area contributed by atoms with Gasteiger partial charge in [-0.05, 0) is 23.6 Å². The molecule has 6 heteroatoms. The highest BCUT2D eigenvalue weighted by molar-refractivity contribution is 6.42. The molecule has 1 aromatic rings. The van der Waals surface area contributed by atoms with Crippen LogP contribution in [0, 0.1) is 5.92 Å². The summed E-state index contributed by atoms with van der Waals surface area (Å²) in [5.74, 6) is 0.0461. The van der Waals surface area contributed by atoms with E-state index in [4.69, 9.17) is 28.9 Å². The number of carbonyl (C=O) groups is 1. The van der Waals surface area contributed by atoms with Crippen LogP contribution in [0.25, 0.3) is 0 Å². The predicted octanol–water partition coefficient (Wildman–Crippen LogP) is 3.36. The van der Waals surface area contributed by atoms with Crippen molar-refractivity contribution < 1.29 is 4.79 Å². The largest absolute Gasteiger partial charge is 0.340 e. The van der Waals surface area contributed by atoms with Gasteiger partial charge in [0, 0.05) is 13.6 Å². The number of rotatable bonds is 4. The Morgan fingerprint density at radius 3 is 2.37 bits per heavy atom. The Hall–Kier alpha value is -0.480. The minimum absolute atomic E-state index is 0. The topological polar surface area (TPSA) is 46.3 Å². The lowest BCUT2D eigenvalue weighted by Crippen LogP contribution is -2.44. The fraction of sp³-hybridized carbons (Fsp3) is 0.462. The van der Waals surface area contributed by atoms with E-state index in [0.29, 0.717) is 16.6 Å². The Kier molecular flexibility index (Phi) is 7.75. The monoisotopic (exact) mass is 324 g/mol. The average molecular weight is 326 g/mol. The van der Waals surface area contributed by atoms with Crippen molar-refractivity contribution in [3.05, 3.63) is 33.8 Å². The smallest absolute Gasteiger partial charge is 0.239 e. The lowest BCUT2D eigenvalue weighted by molar-refractivity contribution is -0.132. The molecule has 0 fully saturated rings. The molecule has 1 aromatic carbocycles. The molecule has 0 spiro atoms. The van der Waals surface area contributed by atoms with Crippen molar-refractivity contribution in [3.8, 4) is 0 Å². The third kappa shape index (κ3) is 5.19. The van der Waals surface area contributed by atoms with Crippen LogP contribution in [0.5, 0.6) is 0 Å². The maximum absolute atomic E-state index is 12.0. The highest BCUT2D eigenvalue weighted by atomic mass is 35.5. The first-order chi connectivity index (χ1) is 8.32. The van der Waals surface area contributed by atoms with E-state index in [-0.39, 0.29) is 24.2 Å². The Morgan fingerprint density at radius 1 is 1.32 bits per heavy atom. The van der Waals surface area contributed by atoms with Crippen molar-refractivity contribution in [2.45, 2.75) is 26.4 Å². The van der Waals surface area contributed by atoms with Gasteiger partial charge in [-0.2, -0.15) is 0 Å². The minimum Gasteiger partial charge on any atom is -0.340 e. The average Bonchev–Trinajstić information content (AvgIpc) is 2.31. The Bertz CT molecular complexity index is 438. The van der Waals surface area contributed by atoms with E-state index in [9.17, 15) is 4.79 Å². The number of hydrogen-bond acceptors (Lipinski definition) is 2. The molecular formula is C13H19Cl3N2O. The van der Waals surface area contributed by atoms with E-state index in [2.05, 4.69) is 0 Å². The van der Waals surface area contributed by atoms with Gasteiger partial charge in [0.2, 0.25) is 5.91 Å². The molecule has 19 heavy (non-hydrogen) atoms. The Balaban J connectivity index is 0.00000324. The number of benzene rings is 1. The van der Waals surface area contributed by atoms with Crippen molar-refractivity contribution in [1.29, 1.82) is 0 Å². The van der Waals surface area contributed by atoms with Crippen LogP contribution in [0.4, 0.5) is 0 Å². The van der Waals surface area contributed by atoms with Gasteiger partial charge in [0.1, 0.15) is 0 Å². The molecule has 0 saturated heterocycles. The number of amides is 1. The standard InChI is InChI=1S/C13H18Cl2N2O.ClH/c1-8(2)12(16)13(18)17(3)7-9-4-5-10(14)11(15)6-9;/h4-6,8,12H,7,16H2,1-3H3;1H/t12-;/m1./s1. The van der Waals surface area contributed by atoms with Crippen LogP contribution in [-0.2, 0) is 11.3 Å². The number of nitrogens with zero attached hydrogens (tertiary/aromatic N) is 1. The first-order valence-electron chi connectivity index (χ1n) is 5.77. The van der Waals surface area contributed by atoms with Crippen LogP contribution < -0.4 is 5.73 Å². The van der Waals surface area contributed by atoms with Gasteiger partial charge in [0.25, 0.3) is 0 Å². The van der Waals surface area contributed by atoms with Gasteiger partial charge >= 0.3 is 0 Å². The van der Waals surface area contributed by atoms with E-state index in [1.807, 2.05) is 19.9 Å². The first kappa shape index (κ1) is 18.5. The summed E-state index contributed by atoms with van der Waals surface area (Å²) in [4.78, 5) is 13.6. The van der Waals surface area contributed by atoms with Gasteiger partial charge < -0.3 is 10.6 Å². The van der Waals surface area contributed by atoms with Crippen LogP contribution in [0.3, 0.4) is 0 Å². The van der Waals surface area contributed by atoms with Crippen LogP contribution in [0.2, 0.25) is 10.0 Å². The Morgan fingerprint density at radius 2 is 1.89 bits per heavy atom. The van der Waals surface area contributed by atoms with Gasteiger partial charge in [0.15, 0.2) is 0 Å². The number of nitrogens with two attached hydrogens (primary N) is 1. The van der Waals surface area contributed by atoms with E-state index >= 15 is 0 Å². The molecule has 1 rings (SSSR count). The summed E-state index contributed by atoms with van der Waals surface area (Å²) in [6, 6.07) is 4.85. The zero-order valence-electron chi connectivity index (χ0n) is 11.2. The second-order valence-corrected chi connectivity index (χ2v) is 5.53. The third-order valence-corrected chi connectivity index (χ3v) is 3.52. The van der Waals surface area contributed by atoms with Gasteiger partial charge in [0.05, 0.1) is 16.1 Å². The van der Waals surface area contributed by atoms with Gasteiger partial charge in [-0.1, -0.05) is 43.1 Å².